The van der Waals surface area contributed by atoms with E-state index in [9.17, 15) is 4.79 Å². The standard InChI is InChI=1S/C13H15NO2/c1-9(2)11-8-16-13(15)12(14-11)10-6-4-3-5-7-10/h3-7,9,11H,8H2,1-2H3/t11-/m1/s1. The van der Waals surface area contributed by atoms with Crippen molar-refractivity contribution in [2.45, 2.75) is 19.9 Å². The van der Waals surface area contributed by atoms with Crippen molar-refractivity contribution in [2.24, 2.45) is 10.9 Å². The van der Waals surface area contributed by atoms with Crippen LogP contribution in [0.4, 0.5) is 0 Å². The fourth-order valence-corrected chi connectivity index (χ4v) is 1.62. The highest BCUT2D eigenvalue weighted by atomic mass is 16.5. The molecule has 1 heterocycles. The van der Waals surface area contributed by atoms with E-state index in [1.54, 1.807) is 0 Å². The summed E-state index contributed by atoms with van der Waals surface area (Å²) in [5.41, 5.74) is 1.28. The molecule has 1 aromatic rings. The van der Waals surface area contributed by atoms with Gasteiger partial charge in [-0.05, 0) is 5.92 Å². The van der Waals surface area contributed by atoms with Gasteiger partial charge in [0.1, 0.15) is 6.61 Å². The predicted octanol–water partition coefficient (Wildman–Crippen LogP) is 2.06. The molecule has 0 spiro atoms. The maximum Gasteiger partial charge on any atom is 0.357 e. The molecule has 0 aliphatic carbocycles. The molecule has 3 heteroatoms. The van der Waals surface area contributed by atoms with E-state index in [1.165, 1.54) is 0 Å². The molecular weight excluding hydrogens is 202 g/mol. The monoisotopic (exact) mass is 217 g/mol. The fraction of sp³-hybridized carbons (Fsp3) is 0.385. The van der Waals surface area contributed by atoms with Gasteiger partial charge in [-0.2, -0.15) is 0 Å². The van der Waals surface area contributed by atoms with Gasteiger partial charge in [0.15, 0.2) is 5.71 Å². The Bertz CT molecular complexity index is 409. The van der Waals surface area contributed by atoms with Gasteiger partial charge >= 0.3 is 5.97 Å². The highest BCUT2D eigenvalue weighted by molar-refractivity contribution is 6.43. The third-order valence-corrected chi connectivity index (χ3v) is 2.69. The molecule has 0 aromatic heterocycles. The van der Waals surface area contributed by atoms with Crippen molar-refractivity contribution in [1.29, 1.82) is 0 Å². The van der Waals surface area contributed by atoms with Gasteiger partial charge in [0.2, 0.25) is 0 Å². The maximum absolute atomic E-state index is 11.6. The number of esters is 1. The first kappa shape index (κ1) is 10.9. The largest absolute Gasteiger partial charge is 0.459 e. The quantitative estimate of drug-likeness (QED) is 0.711. The Labute approximate surface area is 95.2 Å². The molecule has 1 aromatic carbocycles. The van der Waals surface area contributed by atoms with Crippen LogP contribution in [0.5, 0.6) is 0 Å². The van der Waals surface area contributed by atoms with Gasteiger partial charge in [-0.15, -0.1) is 0 Å². The number of benzene rings is 1. The van der Waals surface area contributed by atoms with Gasteiger partial charge in [0, 0.05) is 5.56 Å². The summed E-state index contributed by atoms with van der Waals surface area (Å²) in [7, 11) is 0. The molecule has 1 aliphatic heterocycles. The molecule has 3 nitrogen and oxygen atoms in total. The van der Waals surface area contributed by atoms with E-state index in [1.807, 2.05) is 30.3 Å². The highest BCUT2D eigenvalue weighted by Gasteiger charge is 2.26. The number of carbonyl (C=O) groups excluding carboxylic acids is 1. The molecule has 1 aliphatic rings. The van der Waals surface area contributed by atoms with E-state index in [2.05, 4.69) is 18.8 Å². The van der Waals surface area contributed by atoms with Crippen molar-refractivity contribution in [3.05, 3.63) is 35.9 Å². The predicted molar refractivity (Wildman–Crippen MR) is 62.6 cm³/mol. The Balaban J connectivity index is 2.34. The van der Waals surface area contributed by atoms with Crippen LogP contribution in [0.3, 0.4) is 0 Å². The van der Waals surface area contributed by atoms with E-state index in [-0.39, 0.29) is 12.0 Å². The van der Waals surface area contributed by atoms with E-state index < -0.39 is 0 Å². The second kappa shape index (κ2) is 4.47. The third-order valence-electron chi connectivity index (χ3n) is 2.69. The number of cyclic esters (lactones) is 1. The third kappa shape index (κ3) is 2.13. The molecule has 0 bridgehead atoms. The molecular formula is C13H15NO2. The van der Waals surface area contributed by atoms with Crippen LogP contribution in [-0.4, -0.2) is 24.3 Å². The molecule has 84 valence electrons. The minimum absolute atomic E-state index is 0.0768. The van der Waals surface area contributed by atoms with Crippen LogP contribution in [0.2, 0.25) is 0 Å². The van der Waals surface area contributed by atoms with Crippen LogP contribution < -0.4 is 0 Å². The van der Waals surface area contributed by atoms with Gasteiger partial charge < -0.3 is 4.74 Å². The maximum atomic E-state index is 11.6. The summed E-state index contributed by atoms with van der Waals surface area (Å²) in [6.07, 6.45) is 0. The first-order chi connectivity index (χ1) is 7.68. The summed E-state index contributed by atoms with van der Waals surface area (Å²) < 4.78 is 5.15. The zero-order chi connectivity index (χ0) is 11.5. The Hall–Kier alpha value is -1.64. The molecule has 0 fully saturated rings. The average Bonchev–Trinajstić information content (AvgIpc) is 2.30. The molecule has 0 N–H and O–H groups in total. The Morgan fingerprint density at radius 3 is 2.62 bits per heavy atom. The molecule has 0 unspecified atom stereocenters. The summed E-state index contributed by atoms with van der Waals surface area (Å²) in [6.45, 7) is 4.55. The van der Waals surface area contributed by atoms with Crippen molar-refractivity contribution in [1.82, 2.24) is 0 Å². The first-order valence-electron chi connectivity index (χ1n) is 5.49. The van der Waals surface area contributed by atoms with Crippen molar-refractivity contribution >= 4 is 11.7 Å². The molecule has 1 atom stereocenters. The van der Waals surface area contributed by atoms with Gasteiger partial charge in [0.05, 0.1) is 6.04 Å². The van der Waals surface area contributed by atoms with Crippen LogP contribution in [0.25, 0.3) is 0 Å². The Morgan fingerprint density at radius 1 is 1.31 bits per heavy atom. The summed E-state index contributed by atoms with van der Waals surface area (Å²) in [5.74, 6) is 0.0647. The minimum atomic E-state index is -0.317. The number of nitrogens with zero attached hydrogens (tertiary/aromatic N) is 1. The minimum Gasteiger partial charge on any atom is -0.459 e. The highest BCUT2D eigenvalue weighted by Crippen LogP contribution is 2.15. The number of hydrogen-bond donors (Lipinski definition) is 0. The normalized spacial score (nSPS) is 20.6. The summed E-state index contributed by atoms with van der Waals surface area (Å²) in [4.78, 5) is 16.1. The smallest absolute Gasteiger partial charge is 0.357 e. The topological polar surface area (TPSA) is 38.7 Å². The Morgan fingerprint density at radius 2 is 2.00 bits per heavy atom. The lowest BCUT2D eigenvalue weighted by Crippen LogP contribution is -2.34. The second-order valence-electron chi connectivity index (χ2n) is 4.25. The van der Waals surface area contributed by atoms with E-state index in [0.29, 0.717) is 18.2 Å². The number of aliphatic imine (C=N–C) groups is 1. The zero-order valence-corrected chi connectivity index (χ0v) is 9.51. The van der Waals surface area contributed by atoms with Crippen molar-refractivity contribution in [3.8, 4) is 0 Å². The van der Waals surface area contributed by atoms with Gasteiger partial charge in [-0.25, -0.2) is 4.79 Å². The fourth-order valence-electron chi connectivity index (χ4n) is 1.62. The van der Waals surface area contributed by atoms with Crippen LogP contribution in [-0.2, 0) is 9.53 Å². The van der Waals surface area contributed by atoms with Crippen LogP contribution in [0.15, 0.2) is 35.3 Å². The molecule has 16 heavy (non-hydrogen) atoms. The SMILES string of the molecule is CC(C)[C@H]1COC(=O)C(c2ccccc2)=N1. The van der Waals surface area contributed by atoms with Gasteiger partial charge in [-0.1, -0.05) is 44.2 Å². The Kier molecular flexibility index (Phi) is 3.04. The number of rotatable bonds is 2. The average molecular weight is 217 g/mol. The molecule has 0 saturated heterocycles. The lowest BCUT2D eigenvalue weighted by molar-refractivity contribution is -0.137. The van der Waals surface area contributed by atoms with Crippen molar-refractivity contribution in [2.75, 3.05) is 6.61 Å². The number of hydrogen-bond acceptors (Lipinski definition) is 3. The van der Waals surface area contributed by atoms with E-state index in [0.717, 1.165) is 5.56 Å². The molecule has 0 radical (unpaired) electrons. The molecule has 2 rings (SSSR count). The lowest BCUT2D eigenvalue weighted by Gasteiger charge is -2.22. The summed E-state index contributed by atoms with van der Waals surface area (Å²) in [5, 5.41) is 0. The summed E-state index contributed by atoms with van der Waals surface area (Å²) in [6, 6.07) is 9.53. The summed E-state index contributed by atoms with van der Waals surface area (Å²) >= 11 is 0. The van der Waals surface area contributed by atoms with Crippen molar-refractivity contribution in [3.63, 3.8) is 0 Å². The van der Waals surface area contributed by atoms with E-state index in [4.69, 9.17) is 4.74 Å². The van der Waals surface area contributed by atoms with Crippen LogP contribution >= 0.6 is 0 Å². The lowest BCUT2D eigenvalue weighted by atomic mass is 10.0. The molecule has 0 amide bonds. The van der Waals surface area contributed by atoms with Crippen LogP contribution in [0.1, 0.15) is 19.4 Å². The van der Waals surface area contributed by atoms with E-state index >= 15 is 0 Å². The van der Waals surface area contributed by atoms with Crippen molar-refractivity contribution < 1.29 is 9.53 Å². The molecule has 0 saturated carbocycles. The van der Waals surface area contributed by atoms with Gasteiger partial charge in [-0.3, -0.25) is 4.99 Å². The number of carbonyl (C=O) groups is 1. The second-order valence-corrected chi connectivity index (χ2v) is 4.25. The zero-order valence-electron chi connectivity index (χ0n) is 9.51. The number of ether oxygens (including phenoxy) is 1. The van der Waals surface area contributed by atoms with Gasteiger partial charge in [0.25, 0.3) is 0 Å². The van der Waals surface area contributed by atoms with Crippen LogP contribution in [0, 0.1) is 5.92 Å². The first-order valence-corrected chi connectivity index (χ1v) is 5.49.